The van der Waals surface area contributed by atoms with Crippen LogP contribution in [0, 0.1) is 0 Å². The van der Waals surface area contributed by atoms with Gasteiger partial charge in [0.2, 0.25) is 10.0 Å². The number of carbonyl (C=O) groups is 1. The smallest absolute Gasteiger partial charge is 0.255 e. The lowest BCUT2D eigenvalue weighted by Crippen LogP contribution is -2.35. The lowest BCUT2D eigenvalue weighted by atomic mass is 10.0. The molecule has 0 saturated heterocycles. The van der Waals surface area contributed by atoms with Gasteiger partial charge in [0, 0.05) is 28.8 Å². The van der Waals surface area contributed by atoms with E-state index >= 15 is 0 Å². The predicted molar refractivity (Wildman–Crippen MR) is 97.5 cm³/mol. The molecule has 0 bridgehead atoms. The number of fused-ring (bicyclic) bond motifs is 1. The van der Waals surface area contributed by atoms with Crippen molar-refractivity contribution in [1.82, 2.24) is 4.31 Å². The van der Waals surface area contributed by atoms with E-state index < -0.39 is 10.0 Å². The molecule has 2 aromatic rings. The number of sulfonamides is 1. The second-order valence-corrected chi connectivity index (χ2v) is 8.69. The zero-order chi connectivity index (χ0) is 17.3. The molecule has 0 radical (unpaired) electrons. The first-order valence-electron chi connectivity index (χ1n) is 7.47. The van der Waals surface area contributed by atoms with Crippen LogP contribution in [-0.4, -0.2) is 31.4 Å². The molecule has 1 heterocycles. The van der Waals surface area contributed by atoms with E-state index in [-0.39, 0.29) is 5.91 Å². The molecule has 0 saturated carbocycles. The van der Waals surface area contributed by atoms with E-state index in [9.17, 15) is 13.2 Å². The van der Waals surface area contributed by atoms with Crippen LogP contribution < -0.4 is 5.32 Å². The van der Waals surface area contributed by atoms with Crippen molar-refractivity contribution in [3.63, 3.8) is 0 Å². The van der Waals surface area contributed by atoms with E-state index in [4.69, 9.17) is 0 Å². The van der Waals surface area contributed by atoms with Gasteiger partial charge in [0.25, 0.3) is 5.91 Å². The summed E-state index contributed by atoms with van der Waals surface area (Å²) in [5.74, 6) is -0.196. The highest BCUT2D eigenvalue weighted by molar-refractivity contribution is 9.10. The molecule has 2 aromatic carbocycles. The van der Waals surface area contributed by atoms with Crippen LogP contribution in [-0.2, 0) is 23.0 Å². The third-order valence-electron chi connectivity index (χ3n) is 4.02. The standard InChI is InChI=1S/C17H17BrN2O3S/c1-24(22,23)20-9-8-12-4-7-16(10-14(12)11-20)19-17(21)13-2-5-15(18)6-3-13/h2-7,10H,8-9,11H2,1H3,(H,19,21). The Morgan fingerprint density at radius 1 is 1.12 bits per heavy atom. The Morgan fingerprint density at radius 2 is 1.83 bits per heavy atom. The Bertz CT molecular complexity index is 879. The highest BCUT2D eigenvalue weighted by atomic mass is 79.9. The summed E-state index contributed by atoms with van der Waals surface area (Å²) in [5, 5.41) is 2.86. The summed E-state index contributed by atoms with van der Waals surface area (Å²) in [4.78, 5) is 12.3. The highest BCUT2D eigenvalue weighted by Crippen LogP contribution is 2.24. The van der Waals surface area contributed by atoms with Gasteiger partial charge in [-0.2, -0.15) is 4.31 Å². The van der Waals surface area contributed by atoms with Gasteiger partial charge in [-0.05, 0) is 53.9 Å². The number of nitrogens with one attached hydrogen (secondary N) is 1. The molecule has 126 valence electrons. The molecule has 24 heavy (non-hydrogen) atoms. The molecule has 7 heteroatoms. The first-order valence-corrected chi connectivity index (χ1v) is 10.1. The predicted octanol–water partition coefficient (Wildman–Crippen LogP) is 3.02. The van der Waals surface area contributed by atoms with Crippen LogP contribution in [0.5, 0.6) is 0 Å². The molecule has 1 N–H and O–H groups in total. The number of anilines is 1. The zero-order valence-electron chi connectivity index (χ0n) is 13.1. The molecule has 1 aliphatic heterocycles. The third kappa shape index (κ3) is 3.85. The fourth-order valence-electron chi connectivity index (χ4n) is 2.70. The molecule has 0 aromatic heterocycles. The van der Waals surface area contributed by atoms with Crippen LogP contribution in [0.4, 0.5) is 5.69 Å². The van der Waals surface area contributed by atoms with E-state index in [0.29, 0.717) is 30.8 Å². The summed E-state index contributed by atoms with van der Waals surface area (Å²) in [5.41, 5.74) is 3.28. The molecule has 1 amide bonds. The van der Waals surface area contributed by atoms with Gasteiger partial charge in [0.05, 0.1) is 6.26 Å². The summed E-state index contributed by atoms with van der Waals surface area (Å²) in [7, 11) is -3.21. The molecule has 0 aliphatic carbocycles. The number of hydrogen-bond acceptors (Lipinski definition) is 3. The van der Waals surface area contributed by atoms with Crippen LogP contribution in [0.2, 0.25) is 0 Å². The Hall–Kier alpha value is -1.70. The Labute approximate surface area is 149 Å². The lowest BCUT2D eigenvalue weighted by Gasteiger charge is -2.27. The normalized spacial score (nSPS) is 14.9. The van der Waals surface area contributed by atoms with Gasteiger partial charge in [0.1, 0.15) is 0 Å². The first-order chi connectivity index (χ1) is 11.3. The van der Waals surface area contributed by atoms with Gasteiger partial charge in [-0.3, -0.25) is 4.79 Å². The maximum Gasteiger partial charge on any atom is 0.255 e. The monoisotopic (exact) mass is 408 g/mol. The minimum atomic E-state index is -3.21. The van der Waals surface area contributed by atoms with Crippen molar-refractivity contribution in [2.24, 2.45) is 0 Å². The largest absolute Gasteiger partial charge is 0.322 e. The fourth-order valence-corrected chi connectivity index (χ4v) is 3.76. The van der Waals surface area contributed by atoms with Crippen molar-refractivity contribution in [3.05, 3.63) is 63.6 Å². The van der Waals surface area contributed by atoms with Crippen molar-refractivity contribution in [3.8, 4) is 0 Å². The Morgan fingerprint density at radius 3 is 2.50 bits per heavy atom. The fraction of sp³-hybridized carbons (Fsp3) is 0.235. The van der Waals surface area contributed by atoms with Gasteiger partial charge < -0.3 is 5.32 Å². The molecular formula is C17H17BrN2O3S. The summed E-state index contributed by atoms with van der Waals surface area (Å²) < 4.78 is 25.8. The molecular weight excluding hydrogens is 392 g/mol. The topological polar surface area (TPSA) is 66.5 Å². The van der Waals surface area contributed by atoms with Gasteiger partial charge in [0.15, 0.2) is 0 Å². The summed E-state index contributed by atoms with van der Waals surface area (Å²) in [6.07, 6.45) is 1.90. The SMILES string of the molecule is CS(=O)(=O)N1CCc2ccc(NC(=O)c3ccc(Br)cc3)cc2C1. The van der Waals surface area contributed by atoms with Crippen LogP contribution >= 0.6 is 15.9 Å². The number of rotatable bonds is 3. The molecule has 0 spiro atoms. The van der Waals surface area contributed by atoms with Gasteiger partial charge in [-0.25, -0.2) is 8.42 Å². The number of halogens is 1. The molecule has 1 aliphatic rings. The van der Waals surface area contributed by atoms with Gasteiger partial charge in [-0.15, -0.1) is 0 Å². The molecule has 0 unspecified atom stereocenters. The molecule has 0 atom stereocenters. The quantitative estimate of drug-likeness (QED) is 0.848. The van der Waals surface area contributed by atoms with Crippen molar-refractivity contribution in [2.75, 3.05) is 18.1 Å². The number of nitrogens with zero attached hydrogens (tertiary/aromatic N) is 1. The third-order valence-corrected chi connectivity index (χ3v) is 5.80. The Kier molecular flexibility index (Phi) is 4.76. The summed E-state index contributed by atoms with van der Waals surface area (Å²) in [6.45, 7) is 0.840. The Balaban J connectivity index is 1.79. The summed E-state index contributed by atoms with van der Waals surface area (Å²) >= 11 is 3.34. The minimum Gasteiger partial charge on any atom is -0.322 e. The molecule has 5 nitrogen and oxygen atoms in total. The van der Waals surface area contributed by atoms with E-state index in [2.05, 4.69) is 21.2 Å². The van der Waals surface area contributed by atoms with Crippen molar-refractivity contribution in [2.45, 2.75) is 13.0 Å². The second-order valence-electron chi connectivity index (χ2n) is 5.79. The highest BCUT2D eigenvalue weighted by Gasteiger charge is 2.23. The maximum absolute atomic E-state index is 12.3. The number of amides is 1. The van der Waals surface area contributed by atoms with Gasteiger partial charge in [-0.1, -0.05) is 22.0 Å². The van der Waals surface area contributed by atoms with Crippen molar-refractivity contribution >= 4 is 37.5 Å². The molecule has 0 fully saturated rings. The van der Waals surface area contributed by atoms with Gasteiger partial charge >= 0.3 is 0 Å². The van der Waals surface area contributed by atoms with Crippen molar-refractivity contribution in [1.29, 1.82) is 0 Å². The van der Waals surface area contributed by atoms with Crippen molar-refractivity contribution < 1.29 is 13.2 Å². The maximum atomic E-state index is 12.3. The second kappa shape index (κ2) is 6.66. The average Bonchev–Trinajstić information content (AvgIpc) is 2.54. The lowest BCUT2D eigenvalue weighted by molar-refractivity contribution is 0.102. The summed E-state index contributed by atoms with van der Waals surface area (Å²) in [6, 6.07) is 12.8. The zero-order valence-corrected chi connectivity index (χ0v) is 15.5. The molecule has 3 rings (SSSR count). The van der Waals surface area contributed by atoms with E-state index in [1.165, 1.54) is 10.6 Å². The van der Waals surface area contributed by atoms with E-state index in [0.717, 1.165) is 15.6 Å². The number of hydrogen-bond donors (Lipinski definition) is 1. The average molecular weight is 409 g/mol. The van der Waals surface area contributed by atoms with E-state index in [1.807, 2.05) is 30.3 Å². The van der Waals surface area contributed by atoms with Crippen LogP contribution in [0.1, 0.15) is 21.5 Å². The van der Waals surface area contributed by atoms with Crippen LogP contribution in [0.25, 0.3) is 0 Å². The minimum absolute atomic E-state index is 0.196. The van der Waals surface area contributed by atoms with E-state index in [1.54, 1.807) is 12.1 Å². The number of carbonyl (C=O) groups excluding carboxylic acids is 1. The first kappa shape index (κ1) is 17.1. The van der Waals surface area contributed by atoms with Crippen LogP contribution in [0.15, 0.2) is 46.9 Å². The van der Waals surface area contributed by atoms with Crippen LogP contribution in [0.3, 0.4) is 0 Å². The number of benzene rings is 2.